The molecule has 0 bridgehead atoms. The van der Waals surface area contributed by atoms with Crippen molar-refractivity contribution in [3.05, 3.63) is 12.4 Å². The van der Waals surface area contributed by atoms with Crippen LogP contribution in [0.25, 0.3) is 0 Å². The van der Waals surface area contributed by atoms with Crippen molar-refractivity contribution >= 4 is 11.7 Å². The molecule has 6 nitrogen and oxygen atoms in total. The summed E-state index contributed by atoms with van der Waals surface area (Å²) < 4.78 is 7.47. The average molecular weight is 252 g/mol. The van der Waals surface area contributed by atoms with Gasteiger partial charge in [-0.3, -0.25) is 4.68 Å². The summed E-state index contributed by atoms with van der Waals surface area (Å²) >= 11 is 0. The third-order valence-corrected chi connectivity index (χ3v) is 2.89. The number of carbonyl (C=O) groups excluding carboxylic acids is 1. The number of amides is 2. The summed E-state index contributed by atoms with van der Waals surface area (Å²) in [7, 11) is 0. The second-order valence-electron chi connectivity index (χ2n) is 4.42. The van der Waals surface area contributed by atoms with Gasteiger partial charge in [-0.15, -0.1) is 0 Å². The monoisotopic (exact) mass is 252 g/mol. The molecule has 0 aliphatic carbocycles. The van der Waals surface area contributed by atoms with E-state index < -0.39 is 0 Å². The van der Waals surface area contributed by atoms with Gasteiger partial charge in [0.15, 0.2) is 0 Å². The number of hydrogen-bond donors (Lipinski definition) is 2. The molecule has 0 radical (unpaired) electrons. The molecule has 2 amide bonds. The van der Waals surface area contributed by atoms with Crippen LogP contribution < -0.4 is 10.6 Å². The molecule has 1 aromatic rings. The van der Waals surface area contributed by atoms with Gasteiger partial charge in [-0.2, -0.15) is 5.10 Å². The van der Waals surface area contributed by atoms with Gasteiger partial charge in [0.25, 0.3) is 0 Å². The highest BCUT2D eigenvalue weighted by atomic mass is 16.5. The van der Waals surface area contributed by atoms with Crippen LogP contribution in [0.1, 0.15) is 26.2 Å². The highest BCUT2D eigenvalue weighted by molar-refractivity contribution is 5.88. The fourth-order valence-electron chi connectivity index (χ4n) is 2.02. The van der Waals surface area contributed by atoms with Crippen LogP contribution in [0.2, 0.25) is 0 Å². The van der Waals surface area contributed by atoms with Crippen LogP contribution in [-0.4, -0.2) is 35.1 Å². The Balaban J connectivity index is 1.83. The zero-order valence-corrected chi connectivity index (χ0v) is 10.7. The summed E-state index contributed by atoms with van der Waals surface area (Å²) in [6.45, 7) is 4.08. The van der Waals surface area contributed by atoms with Gasteiger partial charge in [-0.25, -0.2) is 4.79 Å². The molecular weight excluding hydrogens is 232 g/mol. The minimum absolute atomic E-state index is 0.203. The molecule has 1 fully saturated rings. The van der Waals surface area contributed by atoms with Crippen molar-refractivity contribution < 1.29 is 9.53 Å². The molecule has 100 valence electrons. The van der Waals surface area contributed by atoms with E-state index in [-0.39, 0.29) is 12.1 Å². The molecule has 1 saturated heterocycles. The quantitative estimate of drug-likeness (QED) is 0.855. The van der Waals surface area contributed by atoms with Crippen molar-refractivity contribution in [1.82, 2.24) is 15.1 Å². The molecule has 0 aromatic carbocycles. The smallest absolute Gasteiger partial charge is 0.319 e. The second-order valence-corrected chi connectivity index (χ2v) is 4.42. The van der Waals surface area contributed by atoms with Gasteiger partial charge in [0.1, 0.15) is 0 Å². The maximum Gasteiger partial charge on any atom is 0.319 e. The van der Waals surface area contributed by atoms with Crippen LogP contribution >= 0.6 is 0 Å². The first-order valence-electron chi connectivity index (χ1n) is 6.47. The molecule has 0 saturated carbocycles. The van der Waals surface area contributed by atoms with Crippen LogP contribution in [0.3, 0.4) is 0 Å². The average Bonchev–Trinajstić information content (AvgIpc) is 2.78. The van der Waals surface area contributed by atoms with Gasteiger partial charge in [0.05, 0.1) is 24.5 Å². The molecule has 1 aliphatic heterocycles. The molecule has 6 heteroatoms. The van der Waals surface area contributed by atoms with Gasteiger partial charge in [0, 0.05) is 19.3 Å². The number of urea groups is 1. The number of rotatable bonds is 4. The normalized spacial score (nSPS) is 19.5. The maximum absolute atomic E-state index is 11.3. The lowest BCUT2D eigenvalue weighted by atomic mass is 10.1. The van der Waals surface area contributed by atoms with E-state index in [1.165, 1.54) is 6.42 Å². The number of anilines is 1. The Bertz CT molecular complexity index is 385. The van der Waals surface area contributed by atoms with Crippen LogP contribution in [0.5, 0.6) is 0 Å². The molecule has 2 heterocycles. The summed E-state index contributed by atoms with van der Waals surface area (Å²) in [5.74, 6) is 0. The zero-order chi connectivity index (χ0) is 12.8. The van der Waals surface area contributed by atoms with E-state index in [1.54, 1.807) is 6.20 Å². The Labute approximate surface area is 107 Å². The Morgan fingerprint density at radius 2 is 2.50 bits per heavy atom. The van der Waals surface area contributed by atoms with E-state index in [1.807, 2.05) is 17.8 Å². The number of hydrogen-bond acceptors (Lipinski definition) is 3. The zero-order valence-electron chi connectivity index (χ0n) is 10.7. The fraction of sp³-hybridized carbons (Fsp3) is 0.667. The SMILES string of the molecule is CCNC(=O)Nc1cnn(CC2CCCCO2)c1. The van der Waals surface area contributed by atoms with E-state index in [0.29, 0.717) is 12.2 Å². The predicted molar refractivity (Wildman–Crippen MR) is 68.5 cm³/mol. The minimum Gasteiger partial charge on any atom is -0.376 e. The van der Waals surface area contributed by atoms with E-state index >= 15 is 0 Å². The second kappa shape index (κ2) is 6.39. The van der Waals surface area contributed by atoms with Gasteiger partial charge >= 0.3 is 6.03 Å². The van der Waals surface area contributed by atoms with E-state index in [0.717, 1.165) is 26.0 Å². The molecule has 2 N–H and O–H groups in total. The van der Waals surface area contributed by atoms with Crippen LogP contribution in [0.15, 0.2) is 12.4 Å². The first-order valence-corrected chi connectivity index (χ1v) is 6.47. The van der Waals surface area contributed by atoms with Gasteiger partial charge in [-0.05, 0) is 26.2 Å². The van der Waals surface area contributed by atoms with Crippen molar-refractivity contribution in [3.8, 4) is 0 Å². The summed E-state index contributed by atoms with van der Waals surface area (Å²) in [5, 5.41) is 9.62. The molecule has 1 unspecified atom stereocenters. The van der Waals surface area contributed by atoms with Crippen LogP contribution in [0, 0.1) is 0 Å². The first-order chi connectivity index (χ1) is 8.78. The highest BCUT2D eigenvalue weighted by Crippen LogP contribution is 2.15. The fourth-order valence-corrected chi connectivity index (χ4v) is 2.02. The van der Waals surface area contributed by atoms with Gasteiger partial charge in [0.2, 0.25) is 0 Å². The molecular formula is C12H20N4O2. The van der Waals surface area contributed by atoms with Crippen LogP contribution in [0.4, 0.5) is 10.5 Å². The van der Waals surface area contributed by atoms with Crippen molar-refractivity contribution in [1.29, 1.82) is 0 Å². The van der Waals surface area contributed by atoms with Crippen LogP contribution in [-0.2, 0) is 11.3 Å². The topological polar surface area (TPSA) is 68.2 Å². The highest BCUT2D eigenvalue weighted by Gasteiger charge is 2.15. The first kappa shape index (κ1) is 12.9. The Hall–Kier alpha value is -1.56. The Morgan fingerprint density at radius 3 is 3.22 bits per heavy atom. The van der Waals surface area contributed by atoms with Gasteiger partial charge < -0.3 is 15.4 Å². The number of nitrogens with zero attached hydrogens (tertiary/aromatic N) is 2. The van der Waals surface area contributed by atoms with Crippen molar-refractivity contribution in [2.45, 2.75) is 38.8 Å². The largest absolute Gasteiger partial charge is 0.376 e. The number of nitrogens with one attached hydrogen (secondary N) is 2. The summed E-state index contributed by atoms with van der Waals surface area (Å²) in [4.78, 5) is 11.3. The van der Waals surface area contributed by atoms with E-state index in [9.17, 15) is 4.79 Å². The third kappa shape index (κ3) is 3.73. The van der Waals surface area contributed by atoms with Crippen molar-refractivity contribution in [2.75, 3.05) is 18.5 Å². The summed E-state index contributed by atoms with van der Waals surface area (Å²) in [6.07, 6.45) is 7.18. The molecule has 1 atom stereocenters. The number of ether oxygens (including phenoxy) is 1. The Kier molecular flexibility index (Phi) is 4.58. The van der Waals surface area contributed by atoms with Gasteiger partial charge in [-0.1, -0.05) is 0 Å². The number of carbonyl (C=O) groups is 1. The minimum atomic E-state index is -0.203. The Morgan fingerprint density at radius 1 is 1.61 bits per heavy atom. The third-order valence-electron chi connectivity index (χ3n) is 2.89. The standard InChI is InChI=1S/C12H20N4O2/c1-2-13-12(17)15-10-7-14-16(8-10)9-11-5-3-4-6-18-11/h7-8,11H,2-6,9H2,1H3,(H2,13,15,17). The molecule has 18 heavy (non-hydrogen) atoms. The maximum atomic E-state index is 11.3. The summed E-state index contributed by atoms with van der Waals surface area (Å²) in [6, 6.07) is -0.203. The molecule has 1 aromatic heterocycles. The van der Waals surface area contributed by atoms with Crippen molar-refractivity contribution in [2.24, 2.45) is 0 Å². The lowest BCUT2D eigenvalue weighted by Crippen LogP contribution is -2.28. The lowest BCUT2D eigenvalue weighted by molar-refractivity contribution is 0.00401. The lowest BCUT2D eigenvalue weighted by Gasteiger charge is -2.22. The molecule has 1 aliphatic rings. The molecule has 0 spiro atoms. The van der Waals surface area contributed by atoms with Crippen molar-refractivity contribution in [3.63, 3.8) is 0 Å². The number of aromatic nitrogens is 2. The predicted octanol–water partition coefficient (Wildman–Crippen LogP) is 1.59. The molecule has 2 rings (SSSR count). The van der Waals surface area contributed by atoms with E-state index in [4.69, 9.17) is 4.74 Å². The summed E-state index contributed by atoms with van der Waals surface area (Å²) in [5.41, 5.74) is 0.705. The van der Waals surface area contributed by atoms with E-state index in [2.05, 4.69) is 15.7 Å².